The van der Waals surface area contributed by atoms with Gasteiger partial charge < -0.3 is 19.9 Å². The number of allylic oxidation sites excluding steroid dienone is 2. The zero-order valence-electron chi connectivity index (χ0n) is 21.5. The van der Waals surface area contributed by atoms with Gasteiger partial charge in [0, 0.05) is 18.0 Å². The molecule has 0 saturated carbocycles. The van der Waals surface area contributed by atoms with E-state index in [9.17, 15) is 15.0 Å². The van der Waals surface area contributed by atoms with Crippen LogP contribution in [0.5, 0.6) is 0 Å². The molecular formula is C29H35N3O4. The summed E-state index contributed by atoms with van der Waals surface area (Å²) in [7, 11) is 0. The van der Waals surface area contributed by atoms with Gasteiger partial charge in [0.2, 0.25) is 5.78 Å². The van der Waals surface area contributed by atoms with E-state index in [4.69, 9.17) is 16.1 Å². The molecule has 2 saturated heterocycles. The molecule has 190 valence electrons. The molecule has 5 atom stereocenters. The first kappa shape index (κ1) is 24.9. The molecule has 2 aromatic heterocycles. The number of carbonyl (C=O) groups excluding carboxylic acids is 1. The van der Waals surface area contributed by atoms with Crippen molar-refractivity contribution in [2.75, 3.05) is 0 Å². The Morgan fingerprint density at radius 2 is 1.89 bits per heavy atom. The normalized spacial score (nSPS) is 33.1. The van der Waals surface area contributed by atoms with E-state index in [0.29, 0.717) is 18.5 Å². The number of carbonyl (C=O) groups is 1. The third-order valence-electron chi connectivity index (χ3n) is 8.36. The molecule has 0 radical (unpaired) electrons. The summed E-state index contributed by atoms with van der Waals surface area (Å²) in [6, 6.07) is 3.98. The Labute approximate surface area is 212 Å². The van der Waals surface area contributed by atoms with Crippen LogP contribution in [0.25, 0.3) is 5.57 Å². The molecule has 2 bridgehead atoms. The van der Waals surface area contributed by atoms with Gasteiger partial charge in [0.25, 0.3) is 0 Å². The van der Waals surface area contributed by atoms with Crippen molar-refractivity contribution in [2.45, 2.75) is 95.5 Å². The molecule has 0 amide bonds. The van der Waals surface area contributed by atoms with Gasteiger partial charge in [-0.3, -0.25) is 9.78 Å². The lowest BCUT2D eigenvalue weighted by molar-refractivity contribution is -0.153. The number of H-pyrrole nitrogens is 1. The van der Waals surface area contributed by atoms with Gasteiger partial charge in [-0.15, -0.1) is 6.42 Å². The van der Waals surface area contributed by atoms with Crippen LogP contribution in [0.2, 0.25) is 0 Å². The van der Waals surface area contributed by atoms with Crippen LogP contribution in [0, 0.1) is 17.8 Å². The summed E-state index contributed by atoms with van der Waals surface area (Å²) in [4.78, 5) is 25.2. The summed E-state index contributed by atoms with van der Waals surface area (Å²) in [6.07, 6.45) is 11.5. The van der Waals surface area contributed by atoms with Gasteiger partial charge in [0.1, 0.15) is 17.9 Å². The van der Waals surface area contributed by atoms with E-state index in [1.165, 1.54) is 6.20 Å². The molecule has 0 aromatic carbocycles. The van der Waals surface area contributed by atoms with E-state index in [0.717, 1.165) is 41.8 Å². The summed E-state index contributed by atoms with van der Waals surface area (Å²) in [5, 5.41) is 21.3. The predicted molar refractivity (Wildman–Crippen MR) is 136 cm³/mol. The summed E-state index contributed by atoms with van der Waals surface area (Å²) in [5.41, 5.74) is 2.86. The molecule has 7 heteroatoms. The minimum atomic E-state index is -0.937. The highest BCUT2D eigenvalue weighted by molar-refractivity contribution is 5.95. The molecule has 2 aromatic rings. The van der Waals surface area contributed by atoms with Crippen molar-refractivity contribution in [3.63, 3.8) is 0 Å². The van der Waals surface area contributed by atoms with Crippen LogP contribution < -0.4 is 0 Å². The van der Waals surface area contributed by atoms with Crippen molar-refractivity contribution in [1.82, 2.24) is 15.0 Å². The minimum Gasteiger partial charge on any atom is -0.387 e. The van der Waals surface area contributed by atoms with E-state index in [2.05, 4.69) is 35.8 Å². The molecule has 1 aliphatic carbocycles. The van der Waals surface area contributed by atoms with Crippen molar-refractivity contribution >= 4 is 11.4 Å². The maximum atomic E-state index is 13.0. The van der Waals surface area contributed by atoms with E-state index in [1.54, 1.807) is 0 Å². The molecule has 7 nitrogen and oxygen atoms in total. The molecule has 2 fully saturated rings. The Morgan fingerprint density at radius 3 is 2.47 bits per heavy atom. The number of imidazole rings is 1. The summed E-state index contributed by atoms with van der Waals surface area (Å²) in [5.74, 6) is 2.60. The Bertz CT molecular complexity index is 1250. The summed E-state index contributed by atoms with van der Waals surface area (Å²) >= 11 is 0. The Morgan fingerprint density at radius 1 is 1.19 bits per heavy atom. The molecule has 0 spiro atoms. The number of hydrogen-bond acceptors (Lipinski definition) is 6. The number of nitrogens with one attached hydrogen (secondary N) is 1. The largest absolute Gasteiger partial charge is 0.387 e. The van der Waals surface area contributed by atoms with Gasteiger partial charge in [-0.2, -0.15) is 0 Å². The number of rotatable bonds is 5. The number of ether oxygens (including phenoxy) is 1. The molecule has 3 N–H and O–H groups in total. The lowest BCUT2D eigenvalue weighted by atomic mass is 9.77. The number of terminal acetylenes is 1. The van der Waals surface area contributed by atoms with Gasteiger partial charge in [0.05, 0.1) is 23.1 Å². The summed E-state index contributed by atoms with van der Waals surface area (Å²) < 4.78 is 6.15. The molecule has 5 rings (SSSR count). The fraction of sp³-hybridized carbons (Fsp3) is 0.552. The van der Waals surface area contributed by atoms with Crippen molar-refractivity contribution in [1.29, 1.82) is 0 Å². The van der Waals surface area contributed by atoms with Crippen LogP contribution >= 0.6 is 0 Å². The standard InChI is InChI=1S/C29H35N3O4/c1-6-20-16-30-26(31-20)22(33)13-18-7-8-21(32-23(18)17-9-11-27(2,3)12-10-17)19-14-28(4)24(34)25(35)29(5,15-19)36-28/h1,7-9,16,19,24-25,34-35H,10-15H2,2-5H3,(H,30,31)/t19?,24-,25+,28+,29-. The lowest BCUT2D eigenvalue weighted by Crippen LogP contribution is -2.43. The van der Waals surface area contributed by atoms with Gasteiger partial charge in [-0.1, -0.05) is 31.9 Å². The fourth-order valence-corrected chi connectivity index (χ4v) is 6.14. The van der Waals surface area contributed by atoms with E-state index >= 15 is 0 Å². The number of hydrogen-bond donors (Lipinski definition) is 3. The van der Waals surface area contributed by atoms with Crippen LogP contribution in [-0.2, 0) is 11.2 Å². The summed E-state index contributed by atoms with van der Waals surface area (Å²) in [6.45, 7) is 8.27. The Kier molecular flexibility index (Phi) is 5.98. The van der Waals surface area contributed by atoms with Crippen LogP contribution in [0.15, 0.2) is 24.4 Å². The van der Waals surface area contributed by atoms with Crippen molar-refractivity contribution in [3.05, 3.63) is 52.9 Å². The highest BCUT2D eigenvalue weighted by Crippen LogP contribution is 2.53. The third-order valence-corrected chi connectivity index (χ3v) is 8.36. The Hall–Kier alpha value is -2.79. The number of aromatic amines is 1. The first-order valence-electron chi connectivity index (χ1n) is 12.7. The monoisotopic (exact) mass is 489 g/mol. The van der Waals surface area contributed by atoms with Crippen LogP contribution in [0.1, 0.15) is 99.0 Å². The maximum Gasteiger partial charge on any atom is 0.202 e. The van der Waals surface area contributed by atoms with Crippen LogP contribution in [0.3, 0.4) is 0 Å². The topological polar surface area (TPSA) is 108 Å². The number of aliphatic hydroxyl groups is 2. The number of aliphatic hydroxyl groups excluding tert-OH is 2. The molecule has 2 aliphatic heterocycles. The predicted octanol–water partition coefficient (Wildman–Crippen LogP) is 3.95. The van der Waals surface area contributed by atoms with Gasteiger partial charge >= 0.3 is 0 Å². The fourth-order valence-electron chi connectivity index (χ4n) is 6.14. The average molecular weight is 490 g/mol. The quantitative estimate of drug-likeness (QED) is 0.434. The lowest BCUT2D eigenvalue weighted by Gasteiger charge is -2.41. The number of ketones is 1. The average Bonchev–Trinajstić information content (AvgIpc) is 3.36. The van der Waals surface area contributed by atoms with Crippen molar-refractivity contribution in [3.8, 4) is 12.3 Å². The van der Waals surface area contributed by atoms with E-state index in [1.807, 2.05) is 26.0 Å². The van der Waals surface area contributed by atoms with Crippen molar-refractivity contribution < 1.29 is 19.7 Å². The SMILES string of the molecule is C#Cc1cnc(C(=O)Cc2ccc(C3C[C@@]4(C)O[C@@](C)(C3)[C@H](O)[C@@H]4O)nc2C2=CCC(C)(C)CC2)[nH]1. The van der Waals surface area contributed by atoms with E-state index < -0.39 is 23.4 Å². The van der Waals surface area contributed by atoms with Crippen LogP contribution in [-0.4, -0.2) is 54.4 Å². The zero-order valence-corrected chi connectivity index (χ0v) is 21.5. The Balaban J connectivity index is 1.50. The second-order valence-electron chi connectivity index (χ2n) is 12.0. The first-order chi connectivity index (χ1) is 16.9. The molecule has 36 heavy (non-hydrogen) atoms. The highest BCUT2D eigenvalue weighted by atomic mass is 16.6. The zero-order chi connectivity index (χ0) is 25.9. The number of fused-ring (bicyclic) bond motifs is 2. The number of aromatic nitrogens is 3. The second kappa shape index (κ2) is 8.65. The first-order valence-corrected chi connectivity index (χ1v) is 12.7. The number of pyridine rings is 1. The molecule has 4 heterocycles. The second-order valence-corrected chi connectivity index (χ2v) is 12.0. The van der Waals surface area contributed by atoms with E-state index in [-0.39, 0.29) is 29.4 Å². The van der Waals surface area contributed by atoms with Gasteiger partial charge in [-0.05, 0) is 68.6 Å². The van der Waals surface area contributed by atoms with Gasteiger partial charge in [-0.25, -0.2) is 4.98 Å². The third kappa shape index (κ3) is 4.32. The smallest absolute Gasteiger partial charge is 0.202 e. The number of Topliss-reactive ketones (excluding diaryl/α,β-unsaturated/α-hetero) is 1. The molecule has 1 unspecified atom stereocenters. The number of nitrogens with zero attached hydrogens (tertiary/aromatic N) is 2. The highest BCUT2D eigenvalue weighted by Gasteiger charge is 2.62. The van der Waals surface area contributed by atoms with Crippen LogP contribution in [0.4, 0.5) is 0 Å². The molecule has 3 aliphatic rings. The maximum absolute atomic E-state index is 13.0. The molecular weight excluding hydrogens is 454 g/mol. The minimum absolute atomic E-state index is 0.0212. The van der Waals surface area contributed by atoms with Gasteiger partial charge in [0.15, 0.2) is 5.82 Å². The van der Waals surface area contributed by atoms with Crippen molar-refractivity contribution in [2.24, 2.45) is 5.41 Å².